The molecule has 1 N–H and O–H groups in total. The number of carbonyl (C=O) groups is 1. The molecule has 21 heavy (non-hydrogen) atoms. The van der Waals surface area contributed by atoms with Crippen LogP contribution in [0, 0.1) is 13.8 Å². The summed E-state index contributed by atoms with van der Waals surface area (Å²) in [5.74, 6) is 0.767. The Morgan fingerprint density at radius 3 is 2.67 bits per heavy atom. The second-order valence-electron chi connectivity index (χ2n) is 5.04. The molecule has 0 saturated heterocycles. The zero-order valence-corrected chi connectivity index (χ0v) is 12.8. The molecule has 0 aliphatic carbocycles. The standard InChI is InChI=1S/C18H21NO2/c1-4-21-17-8-6-5-7-15(17)12-19-18(20)16-11-13(2)9-10-14(16)3/h5-11H,4,12H2,1-3H3,(H,19,20). The molecule has 3 heteroatoms. The molecule has 0 fully saturated rings. The lowest BCUT2D eigenvalue weighted by Gasteiger charge is -2.12. The van der Waals surface area contributed by atoms with E-state index in [4.69, 9.17) is 4.74 Å². The Morgan fingerprint density at radius 2 is 1.90 bits per heavy atom. The molecule has 110 valence electrons. The number of para-hydroxylation sites is 1. The summed E-state index contributed by atoms with van der Waals surface area (Å²) < 4.78 is 5.57. The van der Waals surface area contributed by atoms with E-state index in [-0.39, 0.29) is 5.91 Å². The molecular formula is C18H21NO2. The second-order valence-corrected chi connectivity index (χ2v) is 5.04. The van der Waals surface area contributed by atoms with Crippen molar-refractivity contribution < 1.29 is 9.53 Å². The minimum atomic E-state index is -0.0532. The van der Waals surface area contributed by atoms with E-state index in [1.165, 1.54) is 0 Å². The van der Waals surface area contributed by atoms with E-state index in [1.807, 2.05) is 63.2 Å². The number of hydrogen-bond donors (Lipinski definition) is 1. The molecule has 3 nitrogen and oxygen atoms in total. The van der Waals surface area contributed by atoms with Crippen molar-refractivity contribution >= 4 is 5.91 Å². The van der Waals surface area contributed by atoms with Crippen molar-refractivity contribution in [2.45, 2.75) is 27.3 Å². The van der Waals surface area contributed by atoms with Crippen molar-refractivity contribution in [1.29, 1.82) is 0 Å². The summed E-state index contributed by atoms with van der Waals surface area (Å²) in [5, 5.41) is 2.96. The van der Waals surface area contributed by atoms with Crippen LogP contribution in [0.25, 0.3) is 0 Å². The molecule has 0 bridgehead atoms. The number of hydrogen-bond acceptors (Lipinski definition) is 2. The number of nitrogens with one attached hydrogen (secondary N) is 1. The van der Waals surface area contributed by atoms with Crippen molar-refractivity contribution in [2.75, 3.05) is 6.61 Å². The monoisotopic (exact) mass is 283 g/mol. The van der Waals surface area contributed by atoms with Crippen LogP contribution in [-0.2, 0) is 6.54 Å². The van der Waals surface area contributed by atoms with Crippen LogP contribution in [0.4, 0.5) is 0 Å². The minimum absolute atomic E-state index is 0.0532. The molecular weight excluding hydrogens is 262 g/mol. The summed E-state index contributed by atoms with van der Waals surface area (Å²) >= 11 is 0. The van der Waals surface area contributed by atoms with E-state index >= 15 is 0 Å². The topological polar surface area (TPSA) is 38.3 Å². The molecule has 0 heterocycles. The van der Waals surface area contributed by atoms with Crippen molar-refractivity contribution in [3.05, 3.63) is 64.7 Å². The van der Waals surface area contributed by atoms with E-state index in [0.29, 0.717) is 13.2 Å². The molecule has 0 radical (unpaired) electrons. The summed E-state index contributed by atoms with van der Waals surface area (Å²) in [6, 6.07) is 13.7. The van der Waals surface area contributed by atoms with E-state index in [0.717, 1.165) is 28.0 Å². The first-order valence-corrected chi connectivity index (χ1v) is 7.18. The molecule has 0 spiro atoms. The lowest BCUT2D eigenvalue weighted by atomic mass is 10.0. The molecule has 0 unspecified atom stereocenters. The molecule has 0 aromatic heterocycles. The fourth-order valence-electron chi connectivity index (χ4n) is 2.20. The van der Waals surface area contributed by atoms with Crippen LogP contribution < -0.4 is 10.1 Å². The number of aryl methyl sites for hydroxylation is 2. The molecule has 0 aliphatic heterocycles. The van der Waals surface area contributed by atoms with Gasteiger partial charge in [-0.05, 0) is 38.5 Å². The molecule has 0 saturated carbocycles. The third-order valence-electron chi connectivity index (χ3n) is 3.35. The number of amides is 1. The highest BCUT2D eigenvalue weighted by Gasteiger charge is 2.10. The van der Waals surface area contributed by atoms with E-state index in [2.05, 4.69) is 5.32 Å². The van der Waals surface area contributed by atoms with Gasteiger partial charge < -0.3 is 10.1 Å². The number of rotatable bonds is 5. The second kappa shape index (κ2) is 6.93. The minimum Gasteiger partial charge on any atom is -0.494 e. The van der Waals surface area contributed by atoms with Crippen molar-refractivity contribution in [3.63, 3.8) is 0 Å². The van der Waals surface area contributed by atoms with Gasteiger partial charge in [-0.1, -0.05) is 35.9 Å². The maximum Gasteiger partial charge on any atom is 0.251 e. The lowest BCUT2D eigenvalue weighted by molar-refractivity contribution is 0.0950. The Labute approximate surface area is 126 Å². The van der Waals surface area contributed by atoms with Crippen LogP contribution in [0.2, 0.25) is 0 Å². The zero-order chi connectivity index (χ0) is 15.2. The first-order chi connectivity index (χ1) is 10.1. The van der Waals surface area contributed by atoms with Crippen molar-refractivity contribution in [1.82, 2.24) is 5.32 Å². The van der Waals surface area contributed by atoms with Crippen LogP contribution >= 0.6 is 0 Å². The lowest BCUT2D eigenvalue weighted by Crippen LogP contribution is -2.24. The van der Waals surface area contributed by atoms with Gasteiger partial charge in [0.15, 0.2) is 0 Å². The average molecular weight is 283 g/mol. The fourth-order valence-corrected chi connectivity index (χ4v) is 2.20. The van der Waals surface area contributed by atoms with Crippen LogP contribution in [0.1, 0.15) is 34.0 Å². The summed E-state index contributed by atoms with van der Waals surface area (Å²) in [5.41, 5.74) is 3.78. The molecule has 2 rings (SSSR count). The number of carbonyl (C=O) groups excluding carboxylic acids is 1. The van der Waals surface area contributed by atoms with Gasteiger partial charge >= 0.3 is 0 Å². The third kappa shape index (κ3) is 3.85. The first kappa shape index (κ1) is 15.1. The smallest absolute Gasteiger partial charge is 0.251 e. The van der Waals surface area contributed by atoms with Gasteiger partial charge in [0, 0.05) is 17.7 Å². The van der Waals surface area contributed by atoms with Gasteiger partial charge in [-0.25, -0.2) is 0 Å². The average Bonchev–Trinajstić information content (AvgIpc) is 2.49. The Hall–Kier alpha value is -2.29. The molecule has 1 amide bonds. The van der Waals surface area contributed by atoms with Crippen LogP contribution in [0.5, 0.6) is 5.75 Å². The highest BCUT2D eigenvalue weighted by Crippen LogP contribution is 2.18. The largest absolute Gasteiger partial charge is 0.494 e. The Morgan fingerprint density at radius 1 is 1.14 bits per heavy atom. The van der Waals surface area contributed by atoms with Gasteiger partial charge in [0.05, 0.1) is 6.61 Å². The van der Waals surface area contributed by atoms with Crippen LogP contribution in [0.15, 0.2) is 42.5 Å². The molecule has 0 atom stereocenters. The van der Waals surface area contributed by atoms with E-state index < -0.39 is 0 Å². The predicted molar refractivity (Wildman–Crippen MR) is 84.7 cm³/mol. The van der Waals surface area contributed by atoms with Crippen molar-refractivity contribution in [2.24, 2.45) is 0 Å². The maximum absolute atomic E-state index is 12.3. The van der Waals surface area contributed by atoms with Gasteiger partial charge in [-0.15, -0.1) is 0 Å². The summed E-state index contributed by atoms with van der Waals surface area (Å²) in [4.78, 5) is 12.3. The van der Waals surface area contributed by atoms with E-state index in [1.54, 1.807) is 0 Å². The highest BCUT2D eigenvalue weighted by molar-refractivity contribution is 5.95. The van der Waals surface area contributed by atoms with Gasteiger partial charge in [0.1, 0.15) is 5.75 Å². The predicted octanol–water partition coefficient (Wildman–Crippen LogP) is 3.63. The maximum atomic E-state index is 12.3. The number of benzene rings is 2. The SMILES string of the molecule is CCOc1ccccc1CNC(=O)c1cc(C)ccc1C. The quantitative estimate of drug-likeness (QED) is 0.910. The third-order valence-corrected chi connectivity index (χ3v) is 3.35. The highest BCUT2D eigenvalue weighted by atomic mass is 16.5. The van der Waals surface area contributed by atoms with Gasteiger partial charge in [0.25, 0.3) is 5.91 Å². The van der Waals surface area contributed by atoms with Gasteiger partial charge in [0.2, 0.25) is 0 Å². The Bertz CT molecular complexity index is 635. The van der Waals surface area contributed by atoms with Gasteiger partial charge in [-0.3, -0.25) is 4.79 Å². The molecule has 0 aliphatic rings. The normalized spacial score (nSPS) is 10.2. The summed E-state index contributed by atoms with van der Waals surface area (Å²) in [6.45, 7) is 6.96. The van der Waals surface area contributed by atoms with Crippen molar-refractivity contribution in [3.8, 4) is 5.75 Å². The molecule has 2 aromatic carbocycles. The van der Waals surface area contributed by atoms with Crippen LogP contribution in [0.3, 0.4) is 0 Å². The number of ether oxygens (including phenoxy) is 1. The summed E-state index contributed by atoms with van der Waals surface area (Å²) in [7, 11) is 0. The van der Waals surface area contributed by atoms with Gasteiger partial charge in [-0.2, -0.15) is 0 Å². The first-order valence-electron chi connectivity index (χ1n) is 7.18. The zero-order valence-electron chi connectivity index (χ0n) is 12.8. The Balaban J connectivity index is 2.09. The van der Waals surface area contributed by atoms with Crippen LogP contribution in [-0.4, -0.2) is 12.5 Å². The Kier molecular flexibility index (Phi) is 4.99. The summed E-state index contributed by atoms with van der Waals surface area (Å²) in [6.07, 6.45) is 0. The van der Waals surface area contributed by atoms with E-state index in [9.17, 15) is 4.79 Å². The fraction of sp³-hybridized carbons (Fsp3) is 0.278. The molecule has 2 aromatic rings.